The van der Waals surface area contributed by atoms with E-state index in [9.17, 15) is 18.0 Å². The number of rotatable bonds is 4. The minimum atomic E-state index is -3.23. The Bertz CT molecular complexity index is 743. The number of fused-ring (bicyclic) bond motifs is 1. The van der Waals surface area contributed by atoms with Crippen molar-refractivity contribution in [2.24, 2.45) is 5.92 Å². The van der Waals surface area contributed by atoms with E-state index in [2.05, 4.69) is 0 Å². The van der Waals surface area contributed by atoms with Gasteiger partial charge in [0.1, 0.15) is 0 Å². The molecule has 0 bridgehead atoms. The molecule has 0 aromatic carbocycles. The molecule has 0 unspecified atom stereocenters. The predicted molar refractivity (Wildman–Crippen MR) is 97.1 cm³/mol. The van der Waals surface area contributed by atoms with Gasteiger partial charge in [0.2, 0.25) is 11.8 Å². The highest BCUT2D eigenvalue weighted by molar-refractivity contribution is 7.91. The lowest BCUT2D eigenvalue weighted by Gasteiger charge is -2.44. The van der Waals surface area contributed by atoms with Gasteiger partial charge < -0.3 is 9.80 Å². The van der Waals surface area contributed by atoms with Crippen LogP contribution in [-0.2, 0) is 25.8 Å². The fourth-order valence-electron chi connectivity index (χ4n) is 3.70. The SMILES string of the molecule is CC(C)C(=O)N1CCN(C(=O)CCc2ccsc2)[C@H]2CS(=O)(=O)C[C@H]21. The van der Waals surface area contributed by atoms with Crippen LogP contribution in [0.1, 0.15) is 25.8 Å². The van der Waals surface area contributed by atoms with Gasteiger partial charge in [0.05, 0.1) is 23.6 Å². The van der Waals surface area contributed by atoms with E-state index in [1.807, 2.05) is 30.7 Å². The Kier molecular flexibility index (Phi) is 5.20. The van der Waals surface area contributed by atoms with E-state index in [0.717, 1.165) is 5.56 Å². The average molecular weight is 385 g/mol. The van der Waals surface area contributed by atoms with Gasteiger partial charge in [-0.25, -0.2) is 8.42 Å². The highest BCUT2D eigenvalue weighted by Crippen LogP contribution is 2.28. The molecule has 0 spiro atoms. The van der Waals surface area contributed by atoms with Crippen LogP contribution in [0.25, 0.3) is 0 Å². The topological polar surface area (TPSA) is 74.8 Å². The van der Waals surface area contributed by atoms with Crippen LogP contribution in [0.15, 0.2) is 16.8 Å². The smallest absolute Gasteiger partial charge is 0.225 e. The summed E-state index contributed by atoms with van der Waals surface area (Å²) in [5, 5.41) is 4.00. The van der Waals surface area contributed by atoms with Crippen molar-refractivity contribution in [3.05, 3.63) is 22.4 Å². The third kappa shape index (κ3) is 3.89. The van der Waals surface area contributed by atoms with Crippen molar-refractivity contribution in [1.29, 1.82) is 0 Å². The van der Waals surface area contributed by atoms with Gasteiger partial charge in [-0.1, -0.05) is 13.8 Å². The van der Waals surface area contributed by atoms with Crippen LogP contribution in [0.4, 0.5) is 0 Å². The van der Waals surface area contributed by atoms with Gasteiger partial charge in [-0.2, -0.15) is 11.3 Å². The van der Waals surface area contributed by atoms with E-state index >= 15 is 0 Å². The van der Waals surface area contributed by atoms with Crippen LogP contribution in [0.5, 0.6) is 0 Å². The quantitative estimate of drug-likeness (QED) is 0.781. The summed E-state index contributed by atoms with van der Waals surface area (Å²) in [5.74, 6) is -0.300. The molecular weight excluding hydrogens is 360 g/mol. The monoisotopic (exact) mass is 384 g/mol. The minimum Gasteiger partial charge on any atom is -0.335 e. The molecule has 138 valence electrons. The van der Waals surface area contributed by atoms with E-state index in [1.54, 1.807) is 21.1 Å². The standard InChI is InChI=1S/C17H24N2O4S2/c1-12(2)17(21)19-7-6-18(14-10-25(22,23)11-15(14)19)16(20)4-3-13-5-8-24-9-13/h5,8-9,12,14-15H,3-4,6-7,10-11H2,1-2H3/t14-,15+/m0/s1. The Labute approximate surface area is 152 Å². The second-order valence-corrected chi connectivity index (χ2v) is 10.1. The van der Waals surface area contributed by atoms with Crippen LogP contribution in [0.2, 0.25) is 0 Å². The third-order valence-corrected chi connectivity index (χ3v) is 7.41. The summed E-state index contributed by atoms with van der Waals surface area (Å²) in [6.45, 7) is 4.47. The summed E-state index contributed by atoms with van der Waals surface area (Å²) < 4.78 is 24.3. The van der Waals surface area contributed by atoms with Crippen molar-refractivity contribution in [3.63, 3.8) is 0 Å². The normalized spacial score (nSPS) is 25.2. The van der Waals surface area contributed by atoms with Crippen molar-refractivity contribution in [2.45, 2.75) is 38.8 Å². The van der Waals surface area contributed by atoms with E-state index < -0.39 is 21.9 Å². The summed E-state index contributed by atoms with van der Waals surface area (Å²) in [5.41, 5.74) is 1.13. The molecular formula is C17H24N2O4S2. The molecule has 3 heterocycles. The van der Waals surface area contributed by atoms with Gasteiger partial charge in [-0.15, -0.1) is 0 Å². The maximum Gasteiger partial charge on any atom is 0.225 e. The van der Waals surface area contributed by atoms with E-state index in [1.165, 1.54) is 0 Å². The first-order chi connectivity index (χ1) is 11.8. The van der Waals surface area contributed by atoms with E-state index in [-0.39, 0.29) is 29.2 Å². The molecule has 3 rings (SSSR count). The fraction of sp³-hybridized carbons (Fsp3) is 0.647. The summed E-state index contributed by atoms with van der Waals surface area (Å²) in [7, 11) is -3.23. The molecule has 2 atom stereocenters. The average Bonchev–Trinajstić information content (AvgIpc) is 3.16. The van der Waals surface area contributed by atoms with Crippen LogP contribution in [0.3, 0.4) is 0 Å². The molecule has 1 aromatic heterocycles. The predicted octanol–water partition coefficient (Wildman–Crippen LogP) is 1.17. The molecule has 0 N–H and O–H groups in total. The Morgan fingerprint density at radius 2 is 1.84 bits per heavy atom. The number of hydrogen-bond acceptors (Lipinski definition) is 5. The Morgan fingerprint density at radius 3 is 2.44 bits per heavy atom. The molecule has 25 heavy (non-hydrogen) atoms. The summed E-state index contributed by atoms with van der Waals surface area (Å²) >= 11 is 1.60. The molecule has 6 nitrogen and oxygen atoms in total. The number of thiophene rings is 1. The minimum absolute atomic E-state index is 0.0186. The van der Waals surface area contributed by atoms with Gasteiger partial charge in [0, 0.05) is 25.4 Å². The van der Waals surface area contributed by atoms with Gasteiger partial charge in [0.25, 0.3) is 0 Å². The lowest BCUT2D eigenvalue weighted by Crippen LogP contribution is -2.62. The van der Waals surface area contributed by atoms with Crippen molar-refractivity contribution in [2.75, 3.05) is 24.6 Å². The molecule has 0 radical (unpaired) electrons. The van der Waals surface area contributed by atoms with Crippen molar-refractivity contribution in [1.82, 2.24) is 9.80 Å². The van der Waals surface area contributed by atoms with Gasteiger partial charge in [-0.3, -0.25) is 9.59 Å². The number of sulfone groups is 1. The number of hydrogen-bond donors (Lipinski definition) is 0. The molecule has 0 aliphatic carbocycles. The number of carbonyl (C=O) groups is 2. The highest BCUT2D eigenvalue weighted by atomic mass is 32.2. The molecule has 1 aromatic rings. The summed E-state index contributed by atoms with van der Waals surface area (Å²) in [6, 6.07) is 1.19. The third-order valence-electron chi connectivity index (χ3n) is 4.98. The van der Waals surface area contributed by atoms with Gasteiger partial charge >= 0.3 is 0 Å². The maximum atomic E-state index is 12.7. The molecule has 2 fully saturated rings. The van der Waals surface area contributed by atoms with Gasteiger partial charge in [-0.05, 0) is 28.8 Å². The number of aryl methyl sites for hydroxylation is 1. The summed E-state index contributed by atoms with van der Waals surface area (Å²) in [6.07, 6.45) is 1.04. The van der Waals surface area contributed by atoms with Crippen LogP contribution < -0.4 is 0 Å². The number of nitrogens with zero attached hydrogens (tertiary/aromatic N) is 2. The van der Waals surface area contributed by atoms with E-state index in [4.69, 9.17) is 0 Å². The van der Waals surface area contributed by atoms with Crippen molar-refractivity contribution >= 4 is 33.0 Å². The fourth-order valence-corrected chi connectivity index (χ4v) is 6.38. The van der Waals surface area contributed by atoms with Crippen LogP contribution in [0, 0.1) is 5.92 Å². The zero-order valence-electron chi connectivity index (χ0n) is 14.6. The summed E-state index contributed by atoms with van der Waals surface area (Å²) in [4.78, 5) is 28.5. The number of carbonyl (C=O) groups excluding carboxylic acids is 2. The Balaban J connectivity index is 1.74. The first kappa shape index (κ1) is 18.4. The second kappa shape index (κ2) is 7.07. The van der Waals surface area contributed by atoms with Gasteiger partial charge in [0.15, 0.2) is 9.84 Å². The van der Waals surface area contributed by atoms with Crippen molar-refractivity contribution in [3.8, 4) is 0 Å². The Hall–Kier alpha value is -1.41. The molecule has 2 aliphatic heterocycles. The number of piperazine rings is 1. The van der Waals surface area contributed by atoms with Crippen LogP contribution >= 0.6 is 11.3 Å². The van der Waals surface area contributed by atoms with E-state index in [0.29, 0.717) is 25.9 Å². The highest BCUT2D eigenvalue weighted by Gasteiger charge is 2.49. The first-order valence-electron chi connectivity index (χ1n) is 8.60. The largest absolute Gasteiger partial charge is 0.335 e. The van der Waals surface area contributed by atoms with Crippen molar-refractivity contribution < 1.29 is 18.0 Å². The maximum absolute atomic E-state index is 12.7. The molecule has 2 amide bonds. The first-order valence-corrected chi connectivity index (χ1v) is 11.4. The zero-order valence-corrected chi connectivity index (χ0v) is 16.2. The van der Waals surface area contributed by atoms with Crippen LogP contribution in [-0.4, -0.2) is 66.7 Å². The Morgan fingerprint density at radius 1 is 1.20 bits per heavy atom. The lowest BCUT2D eigenvalue weighted by atomic mass is 10.0. The molecule has 2 saturated heterocycles. The second-order valence-electron chi connectivity index (χ2n) is 7.12. The molecule has 0 saturated carbocycles. The zero-order chi connectivity index (χ0) is 18.2. The molecule has 8 heteroatoms. The molecule has 2 aliphatic rings. The lowest BCUT2D eigenvalue weighted by molar-refractivity contribution is -0.147. The number of amides is 2.